The Morgan fingerprint density at radius 1 is 1.55 bits per heavy atom. The number of nitrogens with zero attached hydrogens (tertiary/aromatic N) is 2. The zero-order valence-corrected chi connectivity index (χ0v) is 12.5. The van der Waals surface area contributed by atoms with E-state index < -0.39 is 11.5 Å². The van der Waals surface area contributed by atoms with Crippen molar-refractivity contribution in [3.63, 3.8) is 0 Å². The lowest BCUT2D eigenvalue weighted by Crippen LogP contribution is -2.52. The van der Waals surface area contributed by atoms with Crippen LogP contribution in [0.3, 0.4) is 0 Å². The Morgan fingerprint density at radius 2 is 2.25 bits per heavy atom. The van der Waals surface area contributed by atoms with E-state index in [1.165, 1.54) is 18.3 Å². The van der Waals surface area contributed by atoms with Crippen molar-refractivity contribution in [2.45, 2.75) is 39.2 Å². The molecule has 2 aromatic heterocycles. The molecule has 0 saturated heterocycles. The number of thiazole rings is 1. The van der Waals surface area contributed by atoms with Gasteiger partial charge in [-0.3, -0.25) is 9.20 Å². The summed E-state index contributed by atoms with van der Waals surface area (Å²) < 4.78 is 1.86. The topological polar surface area (TPSA) is 83.7 Å². The van der Waals surface area contributed by atoms with Crippen LogP contribution in [0.25, 0.3) is 4.96 Å². The van der Waals surface area contributed by atoms with Crippen molar-refractivity contribution in [2.75, 3.05) is 0 Å². The molecule has 6 nitrogen and oxygen atoms in total. The predicted molar refractivity (Wildman–Crippen MR) is 76.0 cm³/mol. The van der Waals surface area contributed by atoms with Crippen LogP contribution in [-0.2, 0) is 16.0 Å². The fourth-order valence-electron chi connectivity index (χ4n) is 1.88. The van der Waals surface area contributed by atoms with E-state index in [1.807, 2.05) is 22.9 Å². The van der Waals surface area contributed by atoms with Crippen LogP contribution >= 0.6 is 11.3 Å². The number of amides is 1. The molecule has 0 saturated carbocycles. The van der Waals surface area contributed by atoms with E-state index in [0.29, 0.717) is 6.42 Å². The molecule has 2 heterocycles. The van der Waals surface area contributed by atoms with E-state index in [-0.39, 0.29) is 12.3 Å². The van der Waals surface area contributed by atoms with Crippen molar-refractivity contribution in [1.29, 1.82) is 0 Å². The van der Waals surface area contributed by atoms with Gasteiger partial charge in [0.1, 0.15) is 5.54 Å². The molecule has 1 unspecified atom stereocenters. The molecule has 0 spiro atoms. The fourth-order valence-corrected chi connectivity index (χ4v) is 2.80. The highest BCUT2D eigenvalue weighted by atomic mass is 32.1. The SMILES string of the molecule is CCC(C)(NC(=O)Cc1csc2nc(C)cn12)C(=O)O. The van der Waals surface area contributed by atoms with Gasteiger partial charge in [0, 0.05) is 17.3 Å². The monoisotopic (exact) mass is 295 g/mol. The van der Waals surface area contributed by atoms with Crippen LogP contribution in [0.1, 0.15) is 31.7 Å². The molecule has 0 aliphatic rings. The van der Waals surface area contributed by atoms with Crippen molar-refractivity contribution in [3.05, 3.63) is 23.0 Å². The highest BCUT2D eigenvalue weighted by Crippen LogP contribution is 2.17. The van der Waals surface area contributed by atoms with Crippen molar-refractivity contribution in [3.8, 4) is 0 Å². The van der Waals surface area contributed by atoms with Crippen LogP contribution in [0, 0.1) is 6.92 Å². The van der Waals surface area contributed by atoms with Crippen molar-refractivity contribution in [1.82, 2.24) is 14.7 Å². The number of aryl methyl sites for hydroxylation is 1. The lowest BCUT2D eigenvalue weighted by atomic mass is 9.99. The first-order valence-electron chi connectivity index (χ1n) is 6.32. The molecule has 1 atom stereocenters. The summed E-state index contributed by atoms with van der Waals surface area (Å²) in [6.07, 6.45) is 2.33. The maximum Gasteiger partial charge on any atom is 0.329 e. The normalized spacial score (nSPS) is 14.2. The molecule has 0 radical (unpaired) electrons. The molecular weight excluding hydrogens is 278 g/mol. The minimum atomic E-state index is -1.23. The lowest BCUT2D eigenvalue weighted by Gasteiger charge is -2.24. The van der Waals surface area contributed by atoms with E-state index in [2.05, 4.69) is 10.3 Å². The molecule has 0 aromatic carbocycles. The maximum absolute atomic E-state index is 12.0. The third kappa shape index (κ3) is 2.67. The standard InChI is InChI=1S/C13H17N3O3S/c1-4-13(3,11(18)19)15-10(17)5-9-7-20-12-14-8(2)6-16(9)12/h6-7H,4-5H2,1-3H3,(H,15,17)(H,18,19). The number of hydrogen-bond donors (Lipinski definition) is 2. The smallest absolute Gasteiger partial charge is 0.329 e. The molecule has 108 valence electrons. The summed E-state index contributed by atoms with van der Waals surface area (Å²) in [5.74, 6) is -1.33. The highest BCUT2D eigenvalue weighted by Gasteiger charge is 2.32. The molecule has 7 heteroatoms. The second kappa shape index (κ2) is 5.24. The largest absolute Gasteiger partial charge is 0.480 e. The number of carboxylic acids is 1. The van der Waals surface area contributed by atoms with Crippen LogP contribution in [0.5, 0.6) is 0 Å². The number of aliphatic carboxylic acids is 1. The number of nitrogens with one attached hydrogen (secondary N) is 1. The zero-order chi connectivity index (χ0) is 14.9. The Balaban J connectivity index is 2.13. The van der Waals surface area contributed by atoms with Gasteiger partial charge in [0.15, 0.2) is 4.96 Å². The van der Waals surface area contributed by atoms with Crippen LogP contribution < -0.4 is 5.32 Å². The van der Waals surface area contributed by atoms with E-state index in [0.717, 1.165) is 16.3 Å². The first-order chi connectivity index (χ1) is 9.35. The number of rotatable bonds is 5. The minimum absolute atomic E-state index is 0.138. The molecular formula is C13H17N3O3S. The molecule has 0 aliphatic carbocycles. The van der Waals surface area contributed by atoms with Gasteiger partial charge in [0.2, 0.25) is 5.91 Å². The summed E-state index contributed by atoms with van der Waals surface area (Å²) in [4.78, 5) is 28.4. The maximum atomic E-state index is 12.0. The number of hydrogen-bond acceptors (Lipinski definition) is 4. The first-order valence-corrected chi connectivity index (χ1v) is 7.20. The number of aromatic nitrogens is 2. The summed E-state index contributed by atoms with van der Waals surface area (Å²) in [7, 11) is 0. The third-order valence-electron chi connectivity index (χ3n) is 3.34. The Kier molecular flexibility index (Phi) is 3.80. The van der Waals surface area contributed by atoms with Crippen LogP contribution in [-0.4, -0.2) is 31.9 Å². The van der Waals surface area contributed by atoms with Gasteiger partial charge in [0.05, 0.1) is 12.1 Å². The molecule has 2 aromatic rings. The average Bonchev–Trinajstić information content (AvgIpc) is 2.89. The third-order valence-corrected chi connectivity index (χ3v) is 4.23. The molecule has 1 amide bonds. The van der Waals surface area contributed by atoms with E-state index in [1.54, 1.807) is 6.92 Å². The molecule has 2 N–H and O–H groups in total. The minimum Gasteiger partial charge on any atom is -0.480 e. The summed E-state index contributed by atoms with van der Waals surface area (Å²) >= 11 is 1.46. The van der Waals surface area contributed by atoms with Crippen molar-refractivity contribution >= 4 is 28.2 Å². The second-order valence-corrected chi connectivity index (χ2v) is 5.81. The number of imidazole rings is 1. The molecule has 0 bridgehead atoms. The van der Waals surface area contributed by atoms with Gasteiger partial charge in [-0.1, -0.05) is 6.92 Å². The van der Waals surface area contributed by atoms with Gasteiger partial charge in [0.25, 0.3) is 0 Å². The molecule has 2 rings (SSSR count). The van der Waals surface area contributed by atoms with E-state index >= 15 is 0 Å². The van der Waals surface area contributed by atoms with Crippen molar-refractivity contribution < 1.29 is 14.7 Å². The van der Waals surface area contributed by atoms with Gasteiger partial charge in [-0.25, -0.2) is 9.78 Å². The zero-order valence-electron chi connectivity index (χ0n) is 11.6. The van der Waals surface area contributed by atoms with Gasteiger partial charge in [-0.15, -0.1) is 11.3 Å². The first kappa shape index (κ1) is 14.5. The number of fused-ring (bicyclic) bond motifs is 1. The Hall–Kier alpha value is -1.89. The van der Waals surface area contributed by atoms with Gasteiger partial charge < -0.3 is 10.4 Å². The van der Waals surface area contributed by atoms with E-state index in [9.17, 15) is 9.59 Å². The summed E-state index contributed by atoms with van der Waals surface area (Å²) in [6, 6.07) is 0. The molecule has 0 fully saturated rings. The number of carboxylic acid groups (broad SMARTS) is 1. The molecule has 0 aliphatic heterocycles. The lowest BCUT2D eigenvalue weighted by molar-refractivity contribution is -0.146. The van der Waals surface area contributed by atoms with Crippen LogP contribution in [0.4, 0.5) is 0 Å². The average molecular weight is 295 g/mol. The summed E-state index contributed by atoms with van der Waals surface area (Å²) in [5.41, 5.74) is 0.478. The van der Waals surface area contributed by atoms with Crippen molar-refractivity contribution in [2.24, 2.45) is 0 Å². The Bertz CT molecular complexity index is 661. The van der Waals surface area contributed by atoms with Crippen LogP contribution in [0.15, 0.2) is 11.6 Å². The number of carbonyl (C=O) groups excluding carboxylic acids is 1. The predicted octanol–water partition coefficient (Wildman–Crippen LogP) is 1.62. The quantitative estimate of drug-likeness (QED) is 0.878. The second-order valence-electron chi connectivity index (χ2n) is 4.98. The highest BCUT2D eigenvalue weighted by molar-refractivity contribution is 7.15. The van der Waals surface area contributed by atoms with Crippen LogP contribution in [0.2, 0.25) is 0 Å². The number of carbonyl (C=O) groups is 2. The Labute approximate surface area is 120 Å². The Morgan fingerprint density at radius 3 is 2.85 bits per heavy atom. The summed E-state index contributed by atoms with van der Waals surface area (Å²) in [6.45, 7) is 5.14. The summed E-state index contributed by atoms with van der Waals surface area (Å²) in [5, 5.41) is 13.6. The van der Waals surface area contributed by atoms with Gasteiger partial charge in [-0.2, -0.15) is 0 Å². The van der Waals surface area contributed by atoms with Gasteiger partial charge in [-0.05, 0) is 20.3 Å². The fraction of sp³-hybridized carbons (Fsp3) is 0.462. The molecule has 20 heavy (non-hydrogen) atoms. The van der Waals surface area contributed by atoms with E-state index in [4.69, 9.17) is 5.11 Å². The van der Waals surface area contributed by atoms with Gasteiger partial charge >= 0.3 is 5.97 Å².